The number of benzene rings is 1. The van der Waals surface area contributed by atoms with Crippen LogP contribution in [-0.4, -0.2) is 57.6 Å². The molecule has 1 aromatic carbocycles. The molecule has 4 heterocycles. The first kappa shape index (κ1) is 23.2. The second kappa shape index (κ2) is 9.23. The Kier molecular flexibility index (Phi) is 6.48. The molecule has 4 aromatic rings. The number of aliphatic hydroxyl groups is 1. The van der Waals surface area contributed by atoms with Crippen LogP contribution in [0, 0.1) is 3.57 Å². The van der Waals surface area contributed by atoms with Crippen LogP contribution in [0.1, 0.15) is 18.2 Å². The normalized spacial score (nSPS) is 21.4. The van der Waals surface area contributed by atoms with Gasteiger partial charge >= 0.3 is 7.82 Å². The molecule has 0 radical (unpaired) electrons. The Balaban J connectivity index is 1.43. The van der Waals surface area contributed by atoms with E-state index >= 15 is 0 Å². The molecule has 11 nitrogen and oxygen atoms in total. The lowest BCUT2D eigenvalue weighted by Crippen LogP contribution is -2.25. The van der Waals surface area contributed by atoms with Crippen molar-refractivity contribution in [2.45, 2.75) is 35.8 Å². The van der Waals surface area contributed by atoms with Gasteiger partial charge < -0.3 is 19.6 Å². The average Bonchev–Trinajstić information content (AvgIpc) is 3.48. The lowest BCUT2D eigenvalue weighted by atomic mass is 10.2. The SMILES string of the molecule is O=P(O)(O)OC[C@H]1O[C@@H](n2cnc3c2nc(SCc2ccc(I)cc2)n2ccnc32)CC1O. The molecule has 14 heteroatoms. The summed E-state index contributed by atoms with van der Waals surface area (Å²) in [6.07, 6.45) is 2.84. The zero-order valence-corrected chi connectivity index (χ0v) is 20.8. The molecule has 3 N–H and O–H groups in total. The molecular weight excluding hydrogens is 584 g/mol. The molecule has 1 saturated heterocycles. The van der Waals surface area contributed by atoms with E-state index in [4.69, 9.17) is 19.5 Å². The van der Waals surface area contributed by atoms with Gasteiger partial charge in [0, 0.05) is 28.1 Å². The van der Waals surface area contributed by atoms with Crippen molar-refractivity contribution in [3.63, 3.8) is 0 Å². The molecule has 0 amide bonds. The standard InChI is InChI=1S/C19H19IN5O6PS/c20-12-3-1-11(2-4-12)9-33-19-23-18-16(17-21-5-6-24(17)19)22-10-25(18)15-7-13(26)14(31-15)8-30-32(27,28)29/h1-6,10,13-15,26H,7-9H2,(H2,27,28,29)/t13?,14-,15-/m1/s1. The molecule has 5 rings (SSSR count). The molecule has 33 heavy (non-hydrogen) atoms. The van der Waals surface area contributed by atoms with E-state index in [1.807, 2.05) is 10.6 Å². The largest absolute Gasteiger partial charge is 0.469 e. The second-order valence-electron chi connectivity index (χ2n) is 7.47. The third-order valence-corrected chi connectivity index (χ3v) is 7.46. The van der Waals surface area contributed by atoms with E-state index in [-0.39, 0.29) is 6.42 Å². The highest BCUT2D eigenvalue weighted by Crippen LogP contribution is 2.39. The minimum absolute atomic E-state index is 0.201. The molecule has 1 aliphatic heterocycles. The summed E-state index contributed by atoms with van der Waals surface area (Å²) >= 11 is 3.84. The summed E-state index contributed by atoms with van der Waals surface area (Å²) in [6.45, 7) is -0.427. The highest BCUT2D eigenvalue weighted by atomic mass is 127. The minimum atomic E-state index is -4.66. The van der Waals surface area contributed by atoms with Crippen LogP contribution in [0.5, 0.6) is 0 Å². The highest BCUT2D eigenvalue weighted by Gasteiger charge is 2.37. The zero-order valence-electron chi connectivity index (χ0n) is 16.9. The fourth-order valence-corrected chi connectivity index (χ4v) is 5.27. The number of hydrogen-bond donors (Lipinski definition) is 3. The molecule has 1 aliphatic rings. The van der Waals surface area contributed by atoms with Gasteiger partial charge in [0.2, 0.25) is 0 Å². The molecule has 174 valence electrons. The molecule has 0 bridgehead atoms. The van der Waals surface area contributed by atoms with Gasteiger partial charge in [-0.1, -0.05) is 23.9 Å². The van der Waals surface area contributed by atoms with Crippen molar-refractivity contribution in [2.24, 2.45) is 0 Å². The molecule has 0 aliphatic carbocycles. The summed E-state index contributed by atoms with van der Waals surface area (Å²) in [7, 11) is -4.66. The van der Waals surface area contributed by atoms with Crippen LogP contribution in [0.15, 0.2) is 48.1 Å². The molecule has 1 unspecified atom stereocenters. The first-order valence-electron chi connectivity index (χ1n) is 9.89. The number of aliphatic hydroxyl groups excluding tert-OH is 1. The van der Waals surface area contributed by atoms with E-state index in [1.54, 1.807) is 28.9 Å². The Morgan fingerprint density at radius 1 is 1.24 bits per heavy atom. The topological polar surface area (TPSA) is 144 Å². The Labute approximate surface area is 205 Å². The van der Waals surface area contributed by atoms with Crippen LogP contribution in [0.2, 0.25) is 0 Å². The van der Waals surface area contributed by atoms with E-state index in [0.717, 1.165) is 10.9 Å². The third kappa shape index (κ3) is 4.95. The summed E-state index contributed by atoms with van der Waals surface area (Å²) in [5.41, 5.74) is 2.96. The third-order valence-electron chi connectivity index (χ3n) is 5.23. The minimum Gasteiger partial charge on any atom is -0.390 e. The number of phosphoric acid groups is 1. The van der Waals surface area contributed by atoms with Crippen molar-refractivity contribution in [2.75, 3.05) is 6.61 Å². The number of rotatable bonds is 7. The number of hydrogen-bond acceptors (Lipinski definition) is 8. The first-order valence-corrected chi connectivity index (χ1v) is 13.5. The number of fused-ring (bicyclic) bond motifs is 3. The predicted molar refractivity (Wildman–Crippen MR) is 128 cm³/mol. The van der Waals surface area contributed by atoms with Crippen molar-refractivity contribution >= 4 is 59.0 Å². The van der Waals surface area contributed by atoms with Crippen LogP contribution in [-0.2, 0) is 19.6 Å². The predicted octanol–water partition coefficient (Wildman–Crippen LogP) is 2.73. The van der Waals surface area contributed by atoms with Crippen LogP contribution in [0.3, 0.4) is 0 Å². The van der Waals surface area contributed by atoms with E-state index in [9.17, 15) is 9.67 Å². The quantitative estimate of drug-likeness (QED) is 0.125. The Bertz CT molecular complexity index is 1340. The van der Waals surface area contributed by atoms with Gasteiger partial charge in [0.25, 0.3) is 0 Å². The lowest BCUT2D eigenvalue weighted by Gasteiger charge is -2.16. The molecule has 1 fully saturated rings. The van der Waals surface area contributed by atoms with Gasteiger partial charge in [0.1, 0.15) is 12.3 Å². The molecule has 3 atom stereocenters. The Morgan fingerprint density at radius 2 is 2.03 bits per heavy atom. The van der Waals surface area contributed by atoms with Gasteiger partial charge in [-0.3, -0.25) is 13.5 Å². The number of ether oxygens (including phenoxy) is 1. The van der Waals surface area contributed by atoms with Crippen molar-refractivity contribution in [1.82, 2.24) is 23.9 Å². The van der Waals surface area contributed by atoms with E-state index in [2.05, 4.69) is 61.3 Å². The van der Waals surface area contributed by atoms with Crippen LogP contribution < -0.4 is 0 Å². The number of phosphoric ester groups is 1. The second-order valence-corrected chi connectivity index (χ2v) is 10.9. The van der Waals surface area contributed by atoms with Crippen molar-refractivity contribution in [3.8, 4) is 0 Å². The zero-order chi connectivity index (χ0) is 23.2. The van der Waals surface area contributed by atoms with Gasteiger partial charge in [-0.25, -0.2) is 19.5 Å². The number of aromatic nitrogens is 5. The first-order chi connectivity index (χ1) is 15.8. The maximum absolute atomic E-state index is 11.0. The van der Waals surface area contributed by atoms with E-state index < -0.39 is 32.9 Å². The van der Waals surface area contributed by atoms with Gasteiger partial charge in [-0.05, 0) is 40.3 Å². The molecule has 0 spiro atoms. The fraction of sp³-hybridized carbons (Fsp3) is 0.316. The summed E-state index contributed by atoms with van der Waals surface area (Å²) < 4.78 is 26.1. The number of nitrogens with zero attached hydrogens (tertiary/aromatic N) is 5. The van der Waals surface area contributed by atoms with E-state index in [1.165, 1.54) is 9.13 Å². The summed E-state index contributed by atoms with van der Waals surface area (Å²) in [5, 5.41) is 11.0. The van der Waals surface area contributed by atoms with Crippen molar-refractivity contribution in [3.05, 3.63) is 52.1 Å². The summed E-state index contributed by atoms with van der Waals surface area (Å²) in [4.78, 5) is 31.6. The van der Waals surface area contributed by atoms with Crippen molar-refractivity contribution in [1.29, 1.82) is 0 Å². The number of imidazole rings is 2. The molecule has 0 saturated carbocycles. The Morgan fingerprint density at radius 3 is 2.79 bits per heavy atom. The highest BCUT2D eigenvalue weighted by molar-refractivity contribution is 14.1. The van der Waals surface area contributed by atoms with Crippen LogP contribution in [0.4, 0.5) is 0 Å². The molecule has 3 aromatic heterocycles. The van der Waals surface area contributed by atoms with Crippen LogP contribution in [0.25, 0.3) is 16.8 Å². The van der Waals surface area contributed by atoms with Gasteiger partial charge in [-0.15, -0.1) is 0 Å². The van der Waals surface area contributed by atoms with Gasteiger partial charge in [0.05, 0.1) is 19.0 Å². The fourth-order valence-electron chi connectivity index (χ4n) is 3.65. The number of thioether (sulfide) groups is 1. The lowest BCUT2D eigenvalue weighted by molar-refractivity contribution is -0.0424. The summed E-state index contributed by atoms with van der Waals surface area (Å²) in [6, 6.07) is 8.28. The smallest absolute Gasteiger partial charge is 0.390 e. The van der Waals surface area contributed by atoms with Gasteiger partial charge in [-0.2, -0.15) is 0 Å². The monoisotopic (exact) mass is 603 g/mol. The maximum atomic E-state index is 11.0. The Hall–Kier alpha value is -1.58. The summed E-state index contributed by atoms with van der Waals surface area (Å²) in [5.74, 6) is 0.720. The number of halogens is 1. The van der Waals surface area contributed by atoms with Crippen molar-refractivity contribution < 1.29 is 28.7 Å². The average molecular weight is 603 g/mol. The van der Waals surface area contributed by atoms with E-state index in [0.29, 0.717) is 16.8 Å². The van der Waals surface area contributed by atoms with Gasteiger partial charge in [0.15, 0.2) is 22.0 Å². The molecular formula is C19H19IN5O6PS. The van der Waals surface area contributed by atoms with Crippen LogP contribution >= 0.6 is 42.2 Å². The maximum Gasteiger partial charge on any atom is 0.469 e.